The number of fused-ring (bicyclic) bond motifs is 5. The quantitative estimate of drug-likeness (QED) is 0.345. The summed E-state index contributed by atoms with van der Waals surface area (Å²) in [5.41, 5.74) is 1.83. The van der Waals surface area contributed by atoms with Gasteiger partial charge in [0.25, 0.3) is 0 Å². The van der Waals surface area contributed by atoms with Crippen LogP contribution in [0.5, 0.6) is 11.5 Å². The Kier molecular flexibility index (Phi) is 8.02. The van der Waals surface area contributed by atoms with Crippen molar-refractivity contribution in [2.75, 3.05) is 40.0 Å². The first-order valence-corrected chi connectivity index (χ1v) is 15.3. The normalized spacial score (nSPS) is 33.9. The van der Waals surface area contributed by atoms with Crippen LogP contribution in [0, 0.1) is 29.1 Å². The third-order valence-corrected chi connectivity index (χ3v) is 10.8. The fourth-order valence-corrected chi connectivity index (χ4v) is 8.38. The SMILES string of the molecule is COc1cc(CO)cc2c1OC1C2C(C(=O)NCCO)=CC(N(CC2CCC3CC2C3(C)C)C(=O)C2CCOC2)C1O. The number of aliphatic hydroxyl groups is 3. The van der Waals surface area contributed by atoms with Crippen LogP contribution in [0.2, 0.25) is 0 Å². The van der Waals surface area contributed by atoms with Crippen molar-refractivity contribution in [3.05, 3.63) is 34.9 Å². The van der Waals surface area contributed by atoms with Crippen LogP contribution in [0.3, 0.4) is 0 Å². The molecule has 8 unspecified atom stereocenters. The number of nitrogens with zero attached hydrogens (tertiary/aromatic N) is 1. The molecule has 2 amide bonds. The minimum Gasteiger partial charge on any atom is -0.493 e. The number of aliphatic hydroxyl groups excluding tert-OH is 3. The van der Waals surface area contributed by atoms with E-state index >= 15 is 0 Å². The predicted octanol–water partition coefficient (Wildman–Crippen LogP) is 1.75. The van der Waals surface area contributed by atoms with E-state index in [0.717, 1.165) is 18.8 Å². The van der Waals surface area contributed by atoms with Gasteiger partial charge >= 0.3 is 0 Å². The van der Waals surface area contributed by atoms with Gasteiger partial charge in [-0.25, -0.2) is 0 Å². The Balaban J connectivity index is 1.40. The summed E-state index contributed by atoms with van der Waals surface area (Å²) >= 11 is 0. The molecule has 6 aliphatic rings. The highest BCUT2D eigenvalue weighted by molar-refractivity contribution is 5.96. The number of hydrogen-bond acceptors (Lipinski definition) is 8. The number of ether oxygens (including phenoxy) is 3. The molecule has 8 atom stereocenters. The number of carbonyl (C=O) groups excluding carboxylic acids is 2. The third-order valence-electron chi connectivity index (χ3n) is 10.8. The first-order chi connectivity index (χ1) is 20.2. The van der Waals surface area contributed by atoms with Crippen LogP contribution in [0.15, 0.2) is 23.8 Å². The minimum atomic E-state index is -1.11. The average Bonchev–Trinajstić information content (AvgIpc) is 3.67. The number of carbonyl (C=O) groups is 2. The van der Waals surface area contributed by atoms with Crippen LogP contribution in [-0.4, -0.2) is 90.3 Å². The molecular weight excluding hydrogens is 540 g/mol. The Morgan fingerprint density at radius 1 is 1.19 bits per heavy atom. The van der Waals surface area contributed by atoms with Crippen molar-refractivity contribution in [2.45, 2.75) is 70.3 Å². The molecule has 0 aromatic heterocycles. The zero-order valence-electron chi connectivity index (χ0n) is 24.8. The van der Waals surface area contributed by atoms with Gasteiger partial charge in [0, 0.05) is 30.8 Å². The first-order valence-electron chi connectivity index (χ1n) is 15.3. The van der Waals surface area contributed by atoms with Crippen LogP contribution in [0.25, 0.3) is 0 Å². The number of amides is 2. The summed E-state index contributed by atoms with van der Waals surface area (Å²) in [6.07, 6.45) is 3.74. The van der Waals surface area contributed by atoms with Crippen molar-refractivity contribution >= 4 is 11.8 Å². The second kappa shape index (κ2) is 11.4. The smallest absolute Gasteiger partial charge is 0.247 e. The molecule has 1 aromatic rings. The molecule has 0 spiro atoms. The van der Waals surface area contributed by atoms with Crippen LogP contribution < -0.4 is 14.8 Å². The summed E-state index contributed by atoms with van der Waals surface area (Å²) < 4.78 is 17.5. The summed E-state index contributed by atoms with van der Waals surface area (Å²) in [6, 6.07) is 2.67. The highest BCUT2D eigenvalue weighted by Gasteiger charge is 2.56. The lowest BCUT2D eigenvalue weighted by Crippen LogP contribution is -2.60. The molecule has 1 saturated heterocycles. The van der Waals surface area contributed by atoms with E-state index in [9.17, 15) is 24.9 Å². The molecule has 10 heteroatoms. The van der Waals surface area contributed by atoms with Crippen molar-refractivity contribution in [3.8, 4) is 11.5 Å². The summed E-state index contributed by atoms with van der Waals surface area (Å²) in [6.45, 7) is 5.65. The molecule has 7 rings (SSSR count). The molecule has 2 heterocycles. The molecule has 2 bridgehead atoms. The maximum atomic E-state index is 14.2. The van der Waals surface area contributed by atoms with E-state index in [1.54, 1.807) is 18.2 Å². The maximum absolute atomic E-state index is 14.2. The Morgan fingerprint density at radius 2 is 2.00 bits per heavy atom. The van der Waals surface area contributed by atoms with Gasteiger partial charge in [0.1, 0.15) is 12.2 Å². The highest BCUT2D eigenvalue weighted by Crippen LogP contribution is 2.61. The van der Waals surface area contributed by atoms with Gasteiger partial charge in [-0.3, -0.25) is 9.59 Å². The highest BCUT2D eigenvalue weighted by atomic mass is 16.5. The monoisotopic (exact) mass is 584 g/mol. The maximum Gasteiger partial charge on any atom is 0.247 e. The van der Waals surface area contributed by atoms with Crippen molar-refractivity contribution in [3.63, 3.8) is 0 Å². The van der Waals surface area contributed by atoms with Crippen molar-refractivity contribution in [2.24, 2.45) is 29.1 Å². The second-order valence-corrected chi connectivity index (χ2v) is 13.3. The Hall–Kier alpha value is -2.66. The zero-order valence-corrected chi connectivity index (χ0v) is 24.8. The van der Waals surface area contributed by atoms with E-state index in [1.165, 1.54) is 13.5 Å². The van der Waals surface area contributed by atoms with Crippen molar-refractivity contribution < 1.29 is 39.1 Å². The number of hydrogen-bond donors (Lipinski definition) is 4. The summed E-state index contributed by atoms with van der Waals surface area (Å²) in [5, 5.41) is 34.1. The molecular formula is C32H44N2O8. The average molecular weight is 585 g/mol. The van der Waals surface area contributed by atoms with Gasteiger partial charge in [-0.2, -0.15) is 0 Å². The summed E-state index contributed by atoms with van der Waals surface area (Å²) in [7, 11) is 1.51. The Bertz CT molecular complexity index is 1240. The fraction of sp³-hybridized carbons (Fsp3) is 0.688. The van der Waals surface area contributed by atoms with Crippen molar-refractivity contribution in [1.82, 2.24) is 10.2 Å². The van der Waals surface area contributed by atoms with E-state index in [-0.39, 0.29) is 37.0 Å². The second-order valence-electron chi connectivity index (χ2n) is 13.3. The molecule has 42 heavy (non-hydrogen) atoms. The van der Waals surface area contributed by atoms with Crippen LogP contribution in [0.4, 0.5) is 0 Å². The molecule has 4 fully saturated rings. The van der Waals surface area contributed by atoms with E-state index in [0.29, 0.717) is 66.2 Å². The number of nitrogens with one attached hydrogen (secondary N) is 1. The predicted molar refractivity (Wildman–Crippen MR) is 153 cm³/mol. The minimum absolute atomic E-state index is 0.0590. The van der Waals surface area contributed by atoms with E-state index in [4.69, 9.17) is 14.2 Å². The largest absolute Gasteiger partial charge is 0.493 e. The fourth-order valence-electron chi connectivity index (χ4n) is 8.38. The summed E-state index contributed by atoms with van der Waals surface area (Å²) in [5.74, 6) is 0.964. The molecule has 3 saturated carbocycles. The van der Waals surface area contributed by atoms with Gasteiger partial charge < -0.3 is 39.7 Å². The van der Waals surface area contributed by atoms with Crippen LogP contribution >= 0.6 is 0 Å². The molecule has 4 aliphatic carbocycles. The van der Waals surface area contributed by atoms with Gasteiger partial charge in [-0.15, -0.1) is 0 Å². The van der Waals surface area contributed by atoms with Crippen molar-refractivity contribution in [1.29, 1.82) is 0 Å². The number of rotatable bonds is 9. The number of benzene rings is 1. The van der Waals surface area contributed by atoms with Gasteiger partial charge in [-0.1, -0.05) is 13.8 Å². The zero-order chi connectivity index (χ0) is 29.8. The topological polar surface area (TPSA) is 138 Å². The van der Waals surface area contributed by atoms with E-state index in [1.807, 2.05) is 4.90 Å². The molecule has 10 nitrogen and oxygen atoms in total. The third kappa shape index (κ3) is 4.80. The lowest BCUT2D eigenvalue weighted by Gasteiger charge is -2.61. The standard InChI is InChI=1S/C32H44N2O8/c1-32(2)20-5-4-18(23(32)12-20)14-34(31(39)19-6-9-41-16-19)24-13-22(30(38)33-7-8-35)26-21-10-17(15-36)11-25(40-3)28(21)42-29(26)27(24)37/h10-11,13,18-20,23-24,26-27,29,35-37H,4-9,12,14-16H2,1-3H3,(H,33,38). The van der Waals surface area contributed by atoms with Gasteiger partial charge in [-0.05, 0) is 72.6 Å². The van der Waals surface area contributed by atoms with E-state index < -0.39 is 30.1 Å². The lowest BCUT2D eigenvalue weighted by atomic mass is 9.45. The Labute approximate surface area is 247 Å². The van der Waals surface area contributed by atoms with Gasteiger partial charge in [0.15, 0.2) is 11.5 Å². The lowest BCUT2D eigenvalue weighted by molar-refractivity contribution is -0.150. The summed E-state index contributed by atoms with van der Waals surface area (Å²) in [4.78, 5) is 29.6. The van der Waals surface area contributed by atoms with Gasteiger partial charge in [0.2, 0.25) is 11.8 Å². The molecule has 230 valence electrons. The van der Waals surface area contributed by atoms with E-state index in [2.05, 4.69) is 19.2 Å². The van der Waals surface area contributed by atoms with Gasteiger partial charge in [0.05, 0.1) is 44.8 Å². The molecule has 4 N–H and O–H groups in total. The Morgan fingerprint density at radius 3 is 2.64 bits per heavy atom. The molecule has 2 aliphatic heterocycles. The number of methoxy groups -OCH3 is 1. The molecule has 1 aromatic carbocycles. The van der Waals surface area contributed by atoms with Crippen LogP contribution in [-0.2, 0) is 20.9 Å². The first kappa shape index (κ1) is 29.4. The molecule has 0 radical (unpaired) electrons. The van der Waals surface area contributed by atoms with Crippen LogP contribution in [0.1, 0.15) is 56.6 Å².